The Morgan fingerprint density at radius 3 is 3.00 bits per heavy atom. The largest absolute Gasteiger partial charge is 0.340 e. The molecule has 0 spiro atoms. The van der Waals surface area contributed by atoms with Gasteiger partial charge in [0.05, 0.1) is 5.69 Å². The number of nitrogens with zero attached hydrogens (tertiary/aromatic N) is 4. The lowest BCUT2D eigenvalue weighted by atomic mass is 10.1. The number of anilines is 2. The van der Waals surface area contributed by atoms with E-state index in [2.05, 4.69) is 37.8 Å². The number of rotatable bonds is 1. The number of halogens is 1. The number of pyridine rings is 1. The molecular weight excluding hydrogens is 308 g/mol. The molecule has 2 aliphatic heterocycles. The summed E-state index contributed by atoms with van der Waals surface area (Å²) < 4.78 is 0.907. The van der Waals surface area contributed by atoms with Gasteiger partial charge in [-0.05, 0) is 36.0 Å². The van der Waals surface area contributed by atoms with Gasteiger partial charge in [0.25, 0.3) is 5.91 Å². The number of aromatic nitrogens is 1. The Kier molecular flexibility index (Phi) is 3.22. The molecule has 19 heavy (non-hydrogen) atoms. The lowest BCUT2D eigenvalue weighted by molar-refractivity contribution is -0.121. The zero-order valence-electron chi connectivity index (χ0n) is 11.1. The smallest absolute Gasteiger partial charge is 0.251 e. The molecule has 1 aromatic heterocycles. The Morgan fingerprint density at radius 2 is 2.26 bits per heavy atom. The van der Waals surface area contributed by atoms with Gasteiger partial charge in [-0.3, -0.25) is 4.79 Å². The molecular formula is C13H17BrN4O. The normalized spacial score (nSPS) is 23.3. The van der Waals surface area contributed by atoms with E-state index in [1.165, 1.54) is 0 Å². The second-order valence-corrected chi connectivity index (χ2v) is 5.97. The number of piperazine rings is 1. The summed E-state index contributed by atoms with van der Waals surface area (Å²) in [7, 11) is 2.06. The molecule has 5 nitrogen and oxygen atoms in total. The molecule has 0 unspecified atom stereocenters. The first-order valence-electron chi connectivity index (χ1n) is 6.54. The van der Waals surface area contributed by atoms with Crippen LogP contribution in [0.25, 0.3) is 0 Å². The minimum absolute atomic E-state index is 0.0973. The van der Waals surface area contributed by atoms with Crippen LogP contribution >= 0.6 is 15.9 Å². The molecule has 1 atom stereocenters. The van der Waals surface area contributed by atoms with E-state index in [-0.39, 0.29) is 11.9 Å². The summed E-state index contributed by atoms with van der Waals surface area (Å²) in [6, 6.07) is 1.89. The van der Waals surface area contributed by atoms with Crippen LogP contribution in [0, 0.1) is 0 Å². The summed E-state index contributed by atoms with van der Waals surface area (Å²) in [4.78, 5) is 23.3. The molecule has 0 radical (unpaired) electrons. The zero-order chi connectivity index (χ0) is 13.6. The summed E-state index contributed by atoms with van der Waals surface area (Å²) in [5.74, 6) is 1.12. The topological polar surface area (TPSA) is 39.7 Å². The van der Waals surface area contributed by atoms with Gasteiger partial charge in [0.2, 0.25) is 0 Å². The fraction of sp³-hybridized carbons (Fsp3) is 0.538. The predicted octanol–water partition coefficient (Wildman–Crippen LogP) is 1.33. The van der Waals surface area contributed by atoms with E-state index in [1.807, 2.05) is 17.9 Å². The summed E-state index contributed by atoms with van der Waals surface area (Å²) >= 11 is 3.44. The molecule has 6 heteroatoms. The van der Waals surface area contributed by atoms with Crippen LogP contribution in [0.15, 0.2) is 16.7 Å². The number of carbonyl (C=O) groups excluding carboxylic acids is 1. The number of hydrogen-bond acceptors (Lipinski definition) is 4. The van der Waals surface area contributed by atoms with Crippen molar-refractivity contribution in [1.29, 1.82) is 0 Å². The van der Waals surface area contributed by atoms with Crippen molar-refractivity contribution < 1.29 is 4.79 Å². The van der Waals surface area contributed by atoms with Crippen LogP contribution in [-0.2, 0) is 4.79 Å². The number of hydrogen-bond donors (Lipinski definition) is 0. The molecule has 102 valence electrons. The van der Waals surface area contributed by atoms with Gasteiger partial charge in [-0.25, -0.2) is 4.98 Å². The van der Waals surface area contributed by atoms with Gasteiger partial charge in [-0.2, -0.15) is 0 Å². The van der Waals surface area contributed by atoms with Crippen molar-refractivity contribution in [2.75, 3.05) is 43.0 Å². The number of amides is 1. The maximum atomic E-state index is 12.6. The standard InChI is InChI=1S/C13H17BrN4O/c1-3-17-10-6-9(14)7-15-12(10)18-5-4-16(2)8-11(18)13(17)19/h6-7,11H,3-5,8H2,1-2H3/t11-/m1/s1. The molecule has 0 aromatic carbocycles. The first-order valence-corrected chi connectivity index (χ1v) is 7.33. The lowest BCUT2D eigenvalue weighted by Crippen LogP contribution is -2.62. The minimum Gasteiger partial charge on any atom is -0.340 e. The van der Waals surface area contributed by atoms with Gasteiger partial charge >= 0.3 is 0 Å². The summed E-state index contributed by atoms with van der Waals surface area (Å²) in [5, 5.41) is 0. The third-order valence-corrected chi connectivity index (χ3v) is 4.26. The summed E-state index contributed by atoms with van der Waals surface area (Å²) in [6.07, 6.45) is 1.80. The van der Waals surface area contributed by atoms with E-state index in [4.69, 9.17) is 0 Å². The summed E-state index contributed by atoms with van der Waals surface area (Å²) in [5.41, 5.74) is 0.919. The molecule has 0 N–H and O–H groups in total. The monoisotopic (exact) mass is 324 g/mol. The first-order chi connectivity index (χ1) is 9.11. The van der Waals surface area contributed by atoms with Gasteiger partial charge in [-0.1, -0.05) is 0 Å². The van der Waals surface area contributed by atoms with Crippen molar-refractivity contribution in [3.05, 3.63) is 16.7 Å². The van der Waals surface area contributed by atoms with E-state index in [1.54, 1.807) is 6.20 Å². The maximum absolute atomic E-state index is 12.6. The Labute approximate surface area is 121 Å². The molecule has 0 bridgehead atoms. The van der Waals surface area contributed by atoms with Gasteiger partial charge in [0.1, 0.15) is 6.04 Å². The Hall–Kier alpha value is -1.14. The molecule has 3 heterocycles. The van der Waals surface area contributed by atoms with E-state index < -0.39 is 0 Å². The van der Waals surface area contributed by atoms with E-state index in [0.29, 0.717) is 6.54 Å². The average Bonchev–Trinajstić information content (AvgIpc) is 2.39. The number of fused-ring (bicyclic) bond motifs is 3. The first kappa shape index (κ1) is 12.9. The third-order valence-electron chi connectivity index (χ3n) is 3.83. The molecule has 3 rings (SSSR count). The highest BCUT2D eigenvalue weighted by Crippen LogP contribution is 2.36. The van der Waals surface area contributed by atoms with Crippen molar-refractivity contribution in [2.24, 2.45) is 0 Å². The summed E-state index contributed by atoms with van der Waals surface area (Å²) in [6.45, 7) is 5.27. The minimum atomic E-state index is -0.0973. The van der Waals surface area contributed by atoms with E-state index in [9.17, 15) is 4.79 Å². The lowest BCUT2D eigenvalue weighted by Gasteiger charge is -2.46. The Bertz CT molecular complexity index is 521. The van der Waals surface area contributed by atoms with Crippen molar-refractivity contribution in [1.82, 2.24) is 9.88 Å². The maximum Gasteiger partial charge on any atom is 0.251 e. The molecule has 1 fully saturated rings. The van der Waals surface area contributed by atoms with Crippen LogP contribution in [0.3, 0.4) is 0 Å². The SMILES string of the molecule is CCN1C(=O)[C@H]2CN(C)CCN2c2ncc(Br)cc21. The Balaban J connectivity index is 2.09. The highest BCUT2D eigenvalue weighted by atomic mass is 79.9. The van der Waals surface area contributed by atoms with Crippen molar-refractivity contribution in [3.8, 4) is 0 Å². The highest BCUT2D eigenvalue weighted by molar-refractivity contribution is 9.10. The average molecular weight is 325 g/mol. The molecule has 0 aliphatic carbocycles. The van der Waals surface area contributed by atoms with Crippen LogP contribution in [0.4, 0.5) is 11.5 Å². The number of carbonyl (C=O) groups is 1. The van der Waals surface area contributed by atoms with Crippen LogP contribution in [0.2, 0.25) is 0 Å². The third kappa shape index (κ3) is 2.03. The van der Waals surface area contributed by atoms with Crippen molar-refractivity contribution in [2.45, 2.75) is 13.0 Å². The van der Waals surface area contributed by atoms with Crippen molar-refractivity contribution in [3.63, 3.8) is 0 Å². The quantitative estimate of drug-likeness (QED) is 0.781. The van der Waals surface area contributed by atoms with Gasteiger partial charge in [-0.15, -0.1) is 0 Å². The molecule has 2 aliphatic rings. The van der Waals surface area contributed by atoms with Crippen LogP contribution in [0.5, 0.6) is 0 Å². The fourth-order valence-corrected chi connectivity index (χ4v) is 3.17. The van der Waals surface area contributed by atoms with E-state index >= 15 is 0 Å². The van der Waals surface area contributed by atoms with Gasteiger partial charge < -0.3 is 14.7 Å². The van der Waals surface area contributed by atoms with Crippen LogP contribution in [-0.4, -0.2) is 55.1 Å². The molecule has 1 amide bonds. The predicted molar refractivity (Wildman–Crippen MR) is 78.6 cm³/mol. The fourth-order valence-electron chi connectivity index (χ4n) is 2.85. The zero-order valence-corrected chi connectivity index (χ0v) is 12.7. The van der Waals surface area contributed by atoms with Crippen LogP contribution in [0.1, 0.15) is 6.92 Å². The highest BCUT2D eigenvalue weighted by Gasteiger charge is 2.40. The molecule has 1 aromatic rings. The second-order valence-electron chi connectivity index (χ2n) is 5.05. The van der Waals surface area contributed by atoms with Gasteiger partial charge in [0, 0.05) is 36.8 Å². The van der Waals surface area contributed by atoms with E-state index in [0.717, 1.165) is 35.6 Å². The van der Waals surface area contributed by atoms with Crippen LogP contribution < -0.4 is 9.80 Å². The molecule has 1 saturated heterocycles. The second kappa shape index (κ2) is 4.76. The van der Waals surface area contributed by atoms with Crippen molar-refractivity contribution >= 4 is 33.3 Å². The number of likely N-dealkylation sites (N-methyl/N-ethyl adjacent to an activating group) is 2. The molecule has 0 saturated carbocycles. The Morgan fingerprint density at radius 1 is 1.47 bits per heavy atom. The van der Waals surface area contributed by atoms with Gasteiger partial charge in [0.15, 0.2) is 5.82 Å².